The standard InChI is InChI=1S/C15H23NO3/c1-2-3-12-4-7-15(18)16(9-8-12)10-13-5-6-14(11-17)19-13/h5-6,12,17H,2-4,7-11H2,1H3. The van der Waals surface area contributed by atoms with E-state index in [0.29, 0.717) is 24.6 Å². The number of carbonyl (C=O) groups excluding carboxylic acids is 1. The molecule has 0 aliphatic carbocycles. The van der Waals surface area contributed by atoms with E-state index in [1.165, 1.54) is 12.8 Å². The van der Waals surface area contributed by atoms with Crippen LogP contribution in [0, 0.1) is 5.92 Å². The summed E-state index contributed by atoms with van der Waals surface area (Å²) in [7, 11) is 0. The van der Waals surface area contributed by atoms with Crippen LogP contribution in [0.4, 0.5) is 0 Å². The van der Waals surface area contributed by atoms with Crippen molar-refractivity contribution in [2.45, 2.75) is 52.2 Å². The molecule has 1 saturated heterocycles. The smallest absolute Gasteiger partial charge is 0.222 e. The Morgan fingerprint density at radius 1 is 1.37 bits per heavy atom. The summed E-state index contributed by atoms with van der Waals surface area (Å²) >= 11 is 0. The Hall–Kier alpha value is -1.29. The first kappa shape index (κ1) is 14.1. The number of likely N-dealkylation sites (tertiary alicyclic amines) is 1. The molecule has 1 unspecified atom stereocenters. The van der Waals surface area contributed by atoms with Gasteiger partial charge in [0.2, 0.25) is 5.91 Å². The molecule has 0 spiro atoms. The molecule has 1 N–H and O–H groups in total. The Balaban J connectivity index is 1.93. The highest BCUT2D eigenvalue weighted by Gasteiger charge is 2.22. The van der Waals surface area contributed by atoms with Crippen molar-refractivity contribution in [3.05, 3.63) is 23.7 Å². The fourth-order valence-corrected chi connectivity index (χ4v) is 2.74. The molecule has 1 aromatic rings. The molecule has 0 saturated carbocycles. The Morgan fingerprint density at radius 2 is 2.16 bits per heavy atom. The fraction of sp³-hybridized carbons (Fsp3) is 0.667. The summed E-state index contributed by atoms with van der Waals surface area (Å²) < 4.78 is 5.46. The molecular weight excluding hydrogens is 242 g/mol. The van der Waals surface area contributed by atoms with Crippen LogP contribution in [0.25, 0.3) is 0 Å². The highest BCUT2D eigenvalue weighted by molar-refractivity contribution is 5.76. The van der Waals surface area contributed by atoms with Crippen molar-refractivity contribution < 1.29 is 14.3 Å². The van der Waals surface area contributed by atoms with E-state index in [-0.39, 0.29) is 12.5 Å². The Bertz CT molecular complexity index is 413. The van der Waals surface area contributed by atoms with E-state index in [0.717, 1.165) is 25.1 Å². The van der Waals surface area contributed by atoms with Crippen molar-refractivity contribution in [2.75, 3.05) is 6.54 Å². The third-order valence-corrected chi connectivity index (χ3v) is 3.84. The second-order valence-corrected chi connectivity index (χ2v) is 5.32. The summed E-state index contributed by atoms with van der Waals surface area (Å²) in [6.07, 6.45) is 5.17. The minimum Gasteiger partial charge on any atom is -0.462 e. The van der Waals surface area contributed by atoms with Gasteiger partial charge in [-0.15, -0.1) is 0 Å². The van der Waals surface area contributed by atoms with Crippen LogP contribution in [-0.2, 0) is 17.9 Å². The lowest BCUT2D eigenvalue weighted by Crippen LogP contribution is -2.29. The molecule has 0 bridgehead atoms. The second-order valence-electron chi connectivity index (χ2n) is 5.32. The molecule has 1 aromatic heterocycles. The zero-order valence-electron chi connectivity index (χ0n) is 11.6. The molecule has 0 aromatic carbocycles. The maximum atomic E-state index is 12.1. The maximum Gasteiger partial charge on any atom is 0.222 e. The highest BCUT2D eigenvalue weighted by Crippen LogP contribution is 2.24. The molecule has 2 rings (SSSR count). The summed E-state index contributed by atoms with van der Waals surface area (Å²) in [4.78, 5) is 14.0. The van der Waals surface area contributed by atoms with Crippen molar-refractivity contribution in [3.8, 4) is 0 Å². The number of rotatable bonds is 5. The molecule has 1 aliphatic rings. The average Bonchev–Trinajstić information content (AvgIpc) is 2.80. The zero-order chi connectivity index (χ0) is 13.7. The van der Waals surface area contributed by atoms with Crippen LogP contribution in [0.15, 0.2) is 16.5 Å². The predicted octanol–water partition coefficient (Wildman–Crippen LogP) is 2.70. The molecular formula is C15H23NO3. The summed E-state index contributed by atoms with van der Waals surface area (Å²) in [5, 5.41) is 8.97. The van der Waals surface area contributed by atoms with Gasteiger partial charge in [-0.2, -0.15) is 0 Å². The zero-order valence-corrected chi connectivity index (χ0v) is 11.6. The van der Waals surface area contributed by atoms with Crippen molar-refractivity contribution >= 4 is 5.91 Å². The molecule has 0 radical (unpaired) electrons. The van der Waals surface area contributed by atoms with Gasteiger partial charge in [0, 0.05) is 13.0 Å². The SMILES string of the molecule is CCCC1CCC(=O)N(Cc2ccc(CO)o2)CC1. The third-order valence-electron chi connectivity index (χ3n) is 3.84. The first-order valence-electron chi connectivity index (χ1n) is 7.19. The minimum atomic E-state index is -0.0908. The molecule has 19 heavy (non-hydrogen) atoms. The number of aliphatic hydroxyl groups excluding tert-OH is 1. The Labute approximate surface area is 114 Å². The van der Waals surface area contributed by atoms with Gasteiger partial charge in [-0.05, 0) is 30.9 Å². The van der Waals surface area contributed by atoms with E-state index >= 15 is 0 Å². The monoisotopic (exact) mass is 265 g/mol. The summed E-state index contributed by atoms with van der Waals surface area (Å²) in [6, 6.07) is 3.60. The quantitative estimate of drug-likeness (QED) is 0.890. The van der Waals surface area contributed by atoms with Crippen LogP contribution >= 0.6 is 0 Å². The summed E-state index contributed by atoms with van der Waals surface area (Å²) in [5.41, 5.74) is 0. The molecule has 1 atom stereocenters. The van der Waals surface area contributed by atoms with Gasteiger partial charge in [0.05, 0.1) is 6.54 Å². The van der Waals surface area contributed by atoms with Gasteiger partial charge in [0.25, 0.3) is 0 Å². The van der Waals surface area contributed by atoms with Gasteiger partial charge in [0.1, 0.15) is 18.1 Å². The number of hydrogen-bond acceptors (Lipinski definition) is 3. The van der Waals surface area contributed by atoms with E-state index in [9.17, 15) is 4.79 Å². The van der Waals surface area contributed by atoms with Gasteiger partial charge in [-0.1, -0.05) is 19.8 Å². The van der Waals surface area contributed by atoms with Gasteiger partial charge in [-0.25, -0.2) is 0 Å². The average molecular weight is 265 g/mol. The first-order chi connectivity index (χ1) is 9.22. The lowest BCUT2D eigenvalue weighted by Gasteiger charge is -2.19. The van der Waals surface area contributed by atoms with Crippen molar-refractivity contribution in [3.63, 3.8) is 0 Å². The number of furan rings is 1. The third kappa shape index (κ3) is 3.83. The van der Waals surface area contributed by atoms with Crippen LogP contribution in [0.2, 0.25) is 0 Å². The molecule has 1 amide bonds. The van der Waals surface area contributed by atoms with Crippen LogP contribution in [0.3, 0.4) is 0 Å². The van der Waals surface area contributed by atoms with E-state index in [1.807, 2.05) is 11.0 Å². The van der Waals surface area contributed by atoms with Gasteiger partial charge < -0.3 is 14.4 Å². The maximum absolute atomic E-state index is 12.1. The van der Waals surface area contributed by atoms with Gasteiger partial charge >= 0.3 is 0 Å². The number of hydrogen-bond donors (Lipinski definition) is 1. The Morgan fingerprint density at radius 3 is 2.84 bits per heavy atom. The molecule has 1 fully saturated rings. The fourth-order valence-electron chi connectivity index (χ4n) is 2.74. The van der Waals surface area contributed by atoms with Crippen LogP contribution < -0.4 is 0 Å². The van der Waals surface area contributed by atoms with Gasteiger partial charge in [0.15, 0.2) is 0 Å². The van der Waals surface area contributed by atoms with E-state index in [4.69, 9.17) is 9.52 Å². The largest absolute Gasteiger partial charge is 0.462 e. The van der Waals surface area contributed by atoms with Crippen LogP contribution in [0.1, 0.15) is 50.5 Å². The van der Waals surface area contributed by atoms with Crippen LogP contribution in [0.5, 0.6) is 0 Å². The lowest BCUT2D eigenvalue weighted by atomic mass is 9.96. The van der Waals surface area contributed by atoms with E-state index in [2.05, 4.69) is 6.92 Å². The second kappa shape index (κ2) is 6.75. The lowest BCUT2D eigenvalue weighted by molar-refractivity contribution is -0.131. The van der Waals surface area contributed by atoms with E-state index < -0.39 is 0 Å². The topological polar surface area (TPSA) is 53.7 Å². The number of carbonyl (C=O) groups is 1. The van der Waals surface area contributed by atoms with Crippen molar-refractivity contribution in [2.24, 2.45) is 5.92 Å². The minimum absolute atomic E-state index is 0.0908. The van der Waals surface area contributed by atoms with Crippen LogP contribution in [-0.4, -0.2) is 22.5 Å². The van der Waals surface area contributed by atoms with Crippen molar-refractivity contribution in [1.29, 1.82) is 0 Å². The highest BCUT2D eigenvalue weighted by atomic mass is 16.4. The normalized spacial score (nSPS) is 20.6. The molecule has 106 valence electrons. The predicted molar refractivity (Wildman–Crippen MR) is 72.3 cm³/mol. The summed E-state index contributed by atoms with van der Waals surface area (Å²) in [5.74, 6) is 2.22. The number of aliphatic hydroxyl groups is 1. The summed E-state index contributed by atoms with van der Waals surface area (Å²) in [6.45, 7) is 3.45. The van der Waals surface area contributed by atoms with Crippen molar-refractivity contribution in [1.82, 2.24) is 4.90 Å². The molecule has 1 aliphatic heterocycles. The first-order valence-corrected chi connectivity index (χ1v) is 7.19. The van der Waals surface area contributed by atoms with Gasteiger partial charge in [-0.3, -0.25) is 4.79 Å². The molecule has 4 heteroatoms. The van der Waals surface area contributed by atoms with E-state index in [1.54, 1.807) is 6.07 Å². The Kier molecular flexibility index (Phi) is 5.02. The number of nitrogens with zero attached hydrogens (tertiary/aromatic N) is 1. The molecule has 2 heterocycles. The number of amides is 1. The molecule has 4 nitrogen and oxygen atoms in total.